The van der Waals surface area contributed by atoms with Gasteiger partial charge in [-0.15, -0.1) is 0 Å². The van der Waals surface area contributed by atoms with E-state index in [2.05, 4.69) is 17.1 Å². The molecule has 0 amide bonds. The molecular weight excluding hydrogens is 164 g/mol. The minimum atomic E-state index is 0.278. The highest BCUT2D eigenvalue weighted by atomic mass is 16.3. The van der Waals surface area contributed by atoms with Crippen LogP contribution in [-0.2, 0) is 0 Å². The van der Waals surface area contributed by atoms with Crippen molar-refractivity contribution in [2.45, 2.75) is 32.2 Å². The lowest BCUT2D eigenvalue weighted by atomic mass is 10.0. The van der Waals surface area contributed by atoms with Crippen molar-refractivity contribution in [1.82, 2.24) is 10.2 Å². The summed E-state index contributed by atoms with van der Waals surface area (Å²) in [4.78, 5) is 2.31. The van der Waals surface area contributed by atoms with Gasteiger partial charge in [0.2, 0.25) is 0 Å². The van der Waals surface area contributed by atoms with Crippen LogP contribution in [0.15, 0.2) is 0 Å². The quantitative estimate of drug-likeness (QED) is 0.654. The molecule has 1 aliphatic rings. The molecule has 1 unspecified atom stereocenters. The first-order chi connectivity index (χ1) is 6.36. The van der Waals surface area contributed by atoms with E-state index >= 15 is 0 Å². The lowest BCUT2D eigenvalue weighted by Crippen LogP contribution is -2.44. The lowest BCUT2D eigenvalue weighted by molar-refractivity contribution is 0.180. The van der Waals surface area contributed by atoms with Crippen LogP contribution < -0.4 is 5.32 Å². The van der Waals surface area contributed by atoms with E-state index in [0.717, 1.165) is 19.6 Å². The van der Waals surface area contributed by atoms with E-state index in [9.17, 15) is 0 Å². The second kappa shape index (κ2) is 6.35. The van der Waals surface area contributed by atoms with Gasteiger partial charge in [-0.05, 0) is 25.9 Å². The molecule has 1 heterocycles. The molecule has 13 heavy (non-hydrogen) atoms. The van der Waals surface area contributed by atoms with Gasteiger partial charge in [-0.3, -0.25) is 4.90 Å². The first-order valence-corrected chi connectivity index (χ1v) is 5.43. The molecule has 3 nitrogen and oxygen atoms in total. The van der Waals surface area contributed by atoms with Crippen molar-refractivity contribution in [3.63, 3.8) is 0 Å². The summed E-state index contributed by atoms with van der Waals surface area (Å²) in [5, 5.41) is 12.4. The molecule has 1 rings (SSSR count). The summed E-state index contributed by atoms with van der Waals surface area (Å²) in [6.07, 6.45) is 3.97. The molecule has 1 saturated heterocycles. The minimum absolute atomic E-state index is 0.278. The molecule has 1 aliphatic heterocycles. The van der Waals surface area contributed by atoms with Gasteiger partial charge in [0.25, 0.3) is 0 Å². The van der Waals surface area contributed by atoms with Crippen LogP contribution >= 0.6 is 0 Å². The van der Waals surface area contributed by atoms with Crippen molar-refractivity contribution in [1.29, 1.82) is 0 Å². The molecule has 0 saturated carbocycles. The number of piperidine rings is 1. The van der Waals surface area contributed by atoms with Crippen LogP contribution in [-0.4, -0.2) is 48.8 Å². The number of likely N-dealkylation sites (N-methyl/N-ethyl adjacent to an activating group) is 1. The molecule has 0 aliphatic carbocycles. The van der Waals surface area contributed by atoms with Crippen LogP contribution in [0.25, 0.3) is 0 Å². The van der Waals surface area contributed by atoms with E-state index in [-0.39, 0.29) is 6.61 Å². The number of nitrogens with zero attached hydrogens (tertiary/aromatic N) is 1. The normalized spacial score (nSPS) is 23.8. The Hall–Kier alpha value is -0.120. The average Bonchev–Trinajstić information content (AvgIpc) is 2.19. The fourth-order valence-corrected chi connectivity index (χ4v) is 1.91. The molecule has 0 aromatic carbocycles. The summed E-state index contributed by atoms with van der Waals surface area (Å²) in [6, 6.07) is 0.653. The first kappa shape index (κ1) is 11.0. The SMILES string of the molecule is CCN(CCO)CC1CCCCN1. The van der Waals surface area contributed by atoms with Gasteiger partial charge in [-0.1, -0.05) is 13.3 Å². The second-order valence-corrected chi connectivity index (χ2v) is 3.76. The van der Waals surface area contributed by atoms with Gasteiger partial charge >= 0.3 is 0 Å². The number of aliphatic hydroxyl groups excluding tert-OH is 1. The van der Waals surface area contributed by atoms with Crippen molar-refractivity contribution >= 4 is 0 Å². The van der Waals surface area contributed by atoms with E-state index in [1.165, 1.54) is 25.8 Å². The van der Waals surface area contributed by atoms with Crippen molar-refractivity contribution in [2.24, 2.45) is 0 Å². The van der Waals surface area contributed by atoms with Gasteiger partial charge in [-0.25, -0.2) is 0 Å². The summed E-state index contributed by atoms with van der Waals surface area (Å²) in [6.45, 7) is 6.55. The van der Waals surface area contributed by atoms with Gasteiger partial charge in [0.05, 0.1) is 6.61 Å². The molecule has 0 aromatic heterocycles. The van der Waals surface area contributed by atoms with Crippen LogP contribution in [0.1, 0.15) is 26.2 Å². The standard InChI is InChI=1S/C10H22N2O/c1-2-12(7-8-13)9-10-5-3-4-6-11-10/h10-11,13H,2-9H2,1H3. The maximum Gasteiger partial charge on any atom is 0.0558 e. The fourth-order valence-electron chi connectivity index (χ4n) is 1.91. The summed E-state index contributed by atoms with van der Waals surface area (Å²) in [7, 11) is 0. The molecule has 1 atom stereocenters. The third kappa shape index (κ3) is 4.07. The van der Waals surface area contributed by atoms with Crippen LogP contribution in [0.3, 0.4) is 0 Å². The number of hydrogen-bond acceptors (Lipinski definition) is 3. The van der Waals surface area contributed by atoms with Crippen LogP contribution in [0.2, 0.25) is 0 Å². The molecule has 3 heteroatoms. The molecular formula is C10H22N2O. The van der Waals surface area contributed by atoms with Crippen molar-refractivity contribution < 1.29 is 5.11 Å². The predicted octanol–water partition coefficient (Wildman–Crippen LogP) is 0.443. The molecule has 0 radical (unpaired) electrons. The van der Waals surface area contributed by atoms with E-state index in [1.807, 2.05) is 0 Å². The highest BCUT2D eigenvalue weighted by Crippen LogP contribution is 2.08. The number of rotatable bonds is 5. The molecule has 0 spiro atoms. The van der Waals surface area contributed by atoms with Gasteiger partial charge in [0.15, 0.2) is 0 Å². The largest absolute Gasteiger partial charge is 0.395 e. The van der Waals surface area contributed by atoms with Crippen molar-refractivity contribution in [3.05, 3.63) is 0 Å². The monoisotopic (exact) mass is 186 g/mol. The zero-order chi connectivity index (χ0) is 9.52. The number of aliphatic hydroxyl groups is 1. The van der Waals surface area contributed by atoms with Gasteiger partial charge < -0.3 is 10.4 Å². The van der Waals surface area contributed by atoms with Gasteiger partial charge in [0.1, 0.15) is 0 Å². The summed E-state index contributed by atoms with van der Waals surface area (Å²) in [5.74, 6) is 0. The third-order valence-electron chi connectivity index (χ3n) is 2.75. The summed E-state index contributed by atoms with van der Waals surface area (Å²) >= 11 is 0. The topological polar surface area (TPSA) is 35.5 Å². The fraction of sp³-hybridized carbons (Fsp3) is 1.00. The highest BCUT2D eigenvalue weighted by Gasteiger charge is 2.14. The number of nitrogens with one attached hydrogen (secondary N) is 1. The van der Waals surface area contributed by atoms with E-state index in [0.29, 0.717) is 6.04 Å². The molecule has 0 bridgehead atoms. The van der Waals surface area contributed by atoms with Crippen molar-refractivity contribution in [2.75, 3.05) is 32.8 Å². The summed E-state index contributed by atoms with van der Waals surface area (Å²) < 4.78 is 0. The minimum Gasteiger partial charge on any atom is -0.395 e. The van der Waals surface area contributed by atoms with Gasteiger partial charge in [-0.2, -0.15) is 0 Å². The smallest absolute Gasteiger partial charge is 0.0558 e. The van der Waals surface area contributed by atoms with E-state index in [1.54, 1.807) is 0 Å². The molecule has 1 fully saturated rings. The van der Waals surface area contributed by atoms with E-state index < -0.39 is 0 Å². The predicted molar refractivity (Wildman–Crippen MR) is 54.8 cm³/mol. The van der Waals surface area contributed by atoms with Crippen LogP contribution in [0.4, 0.5) is 0 Å². The maximum absolute atomic E-state index is 8.84. The van der Waals surface area contributed by atoms with Crippen LogP contribution in [0.5, 0.6) is 0 Å². The lowest BCUT2D eigenvalue weighted by Gasteiger charge is -2.29. The highest BCUT2D eigenvalue weighted by molar-refractivity contribution is 4.75. The average molecular weight is 186 g/mol. The Morgan fingerprint density at radius 2 is 2.31 bits per heavy atom. The second-order valence-electron chi connectivity index (χ2n) is 3.76. The van der Waals surface area contributed by atoms with E-state index in [4.69, 9.17) is 5.11 Å². The Kier molecular flexibility index (Phi) is 5.35. The zero-order valence-electron chi connectivity index (χ0n) is 8.63. The molecule has 78 valence electrons. The Bertz CT molecular complexity index is 121. The summed E-state index contributed by atoms with van der Waals surface area (Å²) in [5.41, 5.74) is 0. The Morgan fingerprint density at radius 1 is 1.46 bits per heavy atom. The zero-order valence-corrected chi connectivity index (χ0v) is 8.63. The first-order valence-electron chi connectivity index (χ1n) is 5.43. The molecule has 2 N–H and O–H groups in total. The Morgan fingerprint density at radius 3 is 2.85 bits per heavy atom. The van der Waals surface area contributed by atoms with Crippen molar-refractivity contribution in [3.8, 4) is 0 Å². The third-order valence-corrected chi connectivity index (χ3v) is 2.75. The maximum atomic E-state index is 8.84. The van der Waals surface area contributed by atoms with Gasteiger partial charge in [0, 0.05) is 19.1 Å². The molecule has 0 aromatic rings. The Balaban J connectivity index is 2.18. The Labute approximate surface area is 81.1 Å². The van der Waals surface area contributed by atoms with Crippen LogP contribution in [0, 0.1) is 0 Å². The number of hydrogen-bond donors (Lipinski definition) is 2.